The summed E-state index contributed by atoms with van der Waals surface area (Å²) in [4.78, 5) is 0. The van der Waals surface area contributed by atoms with E-state index in [1.54, 1.807) is 22.7 Å². The zero-order chi connectivity index (χ0) is 19.9. The predicted molar refractivity (Wildman–Crippen MR) is 127 cm³/mol. The van der Waals surface area contributed by atoms with Crippen LogP contribution in [0.25, 0.3) is 20.2 Å². The molecule has 5 rings (SSSR count). The van der Waals surface area contributed by atoms with Gasteiger partial charge in [-0.2, -0.15) is 0 Å². The number of hydrogen-bond donors (Lipinski definition) is 0. The Balaban J connectivity index is 0.000000162. The number of thiophene rings is 2. The zero-order valence-electron chi connectivity index (χ0n) is 16.4. The lowest BCUT2D eigenvalue weighted by Gasteiger charge is -2.32. The quantitative estimate of drug-likeness (QED) is 0.281. The molecule has 0 amide bonds. The fraction of sp³-hybridized carbons (Fsp3) is 0.273. The summed E-state index contributed by atoms with van der Waals surface area (Å²) in [5.41, 5.74) is 0.544. The molecule has 0 atom stereocenters. The first-order valence-electron chi connectivity index (χ1n) is 9.21. The topological polar surface area (TPSA) is 18.5 Å². The number of fused-ring (bicyclic) bond motifs is 2. The maximum absolute atomic E-state index is 6.06. The number of hydrogen-bond acceptors (Lipinski definition) is 4. The van der Waals surface area contributed by atoms with E-state index < -0.39 is 0 Å². The molecular formula is C22H22BBrO2S2. The second-order valence-corrected chi connectivity index (χ2v) is 10.7. The normalized spacial score (nSPS) is 17.7. The number of benzene rings is 2. The van der Waals surface area contributed by atoms with E-state index in [2.05, 4.69) is 103 Å². The van der Waals surface area contributed by atoms with Crippen molar-refractivity contribution in [1.82, 2.24) is 0 Å². The maximum atomic E-state index is 6.06. The van der Waals surface area contributed by atoms with Crippen LogP contribution in [0.3, 0.4) is 0 Å². The summed E-state index contributed by atoms with van der Waals surface area (Å²) in [6.07, 6.45) is 0. The van der Waals surface area contributed by atoms with Gasteiger partial charge in [-0.1, -0.05) is 28.1 Å². The highest BCUT2D eigenvalue weighted by molar-refractivity contribution is 9.10. The average Bonchev–Trinajstić information content (AvgIpc) is 3.32. The van der Waals surface area contributed by atoms with Crippen LogP contribution in [0.4, 0.5) is 0 Å². The van der Waals surface area contributed by atoms with Gasteiger partial charge in [0.1, 0.15) is 0 Å². The monoisotopic (exact) mass is 472 g/mol. The standard InChI is InChI=1S/C14H17BO2S.C8H5BrS/c1-13(2)14(3,4)17-15(16-13)11-5-6-12-10(9-11)7-8-18-12;9-7-1-2-8-6(5-7)3-4-10-8/h5-9H,1-4H3;1-5H. The van der Waals surface area contributed by atoms with Crippen LogP contribution in [0.5, 0.6) is 0 Å². The highest BCUT2D eigenvalue weighted by Gasteiger charge is 2.51. The summed E-state index contributed by atoms with van der Waals surface area (Å²) < 4.78 is 15.9. The van der Waals surface area contributed by atoms with E-state index >= 15 is 0 Å². The SMILES string of the molecule is Brc1ccc2sccc2c1.CC1(C)OB(c2ccc3sccc3c2)OC1(C)C. The lowest BCUT2D eigenvalue weighted by Crippen LogP contribution is -2.41. The van der Waals surface area contributed by atoms with Gasteiger partial charge < -0.3 is 9.31 Å². The first-order valence-corrected chi connectivity index (χ1v) is 11.8. The molecule has 4 aromatic rings. The van der Waals surface area contributed by atoms with Crippen LogP contribution >= 0.6 is 38.6 Å². The first-order chi connectivity index (χ1) is 13.2. The molecule has 2 nitrogen and oxygen atoms in total. The molecule has 0 radical (unpaired) electrons. The van der Waals surface area contributed by atoms with Gasteiger partial charge in [0.05, 0.1) is 11.2 Å². The second-order valence-electron chi connectivity index (χ2n) is 7.91. The number of halogens is 1. The van der Waals surface area contributed by atoms with Crippen LogP contribution in [0.2, 0.25) is 0 Å². The van der Waals surface area contributed by atoms with E-state index in [1.165, 1.54) is 20.2 Å². The van der Waals surface area contributed by atoms with E-state index in [-0.39, 0.29) is 18.3 Å². The second kappa shape index (κ2) is 7.58. The first kappa shape index (κ1) is 20.1. The van der Waals surface area contributed by atoms with Gasteiger partial charge in [-0.25, -0.2) is 0 Å². The minimum Gasteiger partial charge on any atom is -0.399 e. The molecule has 144 valence electrons. The van der Waals surface area contributed by atoms with Crippen molar-refractivity contribution in [1.29, 1.82) is 0 Å². The van der Waals surface area contributed by atoms with Crippen molar-refractivity contribution in [2.45, 2.75) is 38.9 Å². The third-order valence-electron chi connectivity index (χ3n) is 5.42. The van der Waals surface area contributed by atoms with Crippen LogP contribution in [0.1, 0.15) is 27.7 Å². The molecule has 2 aromatic heterocycles. The Hall–Kier alpha value is -1.18. The number of rotatable bonds is 1. The van der Waals surface area contributed by atoms with Crippen molar-refractivity contribution in [3.63, 3.8) is 0 Å². The smallest absolute Gasteiger partial charge is 0.399 e. The lowest BCUT2D eigenvalue weighted by atomic mass is 9.79. The molecule has 28 heavy (non-hydrogen) atoms. The van der Waals surface area contributed by atoms with Gasteiger partial charge in [-0.05, 0) is 91.1 Å². The van der Waals surface area contributed by atoms with Gasteiger partial charge in [-0.3, -0.25) is 0 Å². The summed E-state index contributed by atoms with van der Waals surface area (Å²) in [5.74, 6) is 0. The van der Waals surface area contributed by atoms with Crippen molar-refractivity contribution in [2.24, 2.45) is 0 Å². The minimum atomic E-state index is -0.277. The lowest BCUT2D eigenvalue weighted by molar-refractivity contribution is 0.00578. The van der Waals surface area contributed by atoms with Crippen molar-refractivity contribution in [2.75, 3.05) is 0 Å². The van der Waals surface area contributed by atoms with Gasteiger partial charge in [0.15, 0.2) is 0 Å². The van der Waals surface area contributed by atoms with E-state index in [4.69, 9.17) is 9.31 Å². The van der Waals surface area contributed by atoms with Crippen LogP contribution < -0.4 is 5.46 Å². The largest absolute Gasteiger partial charge is 0.494 e. The van der Waals surface area contributed by atoms with E-state index in [0.29, 0.717) is 0 Å². The molecule has 6 heteroatoms. The molecule has 2 aromatic carbocycles. The fourth-order valence-electron chi connectivity index (χ4n) is 3.05. The van der Waals surface area contributed by atoms with Crippen molar-refractivity contribution in [3.05, 3.63) is 63.8 Å². The Morgan fingerprint density at radius 1 is 0.750 bits per heavy atom. The molecule has 0 aliphatic carbocycles. The average molecular weight is 473 g/mol. The summed E-state index contributed by atoms with van der Waals surface area (Å²) >= 11 is 6.95. The fourth-order valence-corrected chi connectivity index (χ4v) is 4.97. The highest BCUT2D eigenvalue weighted by atomic mass is 79.9. The van der Waals surface area contributed by atoms with E-state index in [1.807, 2.05) is 0 Å². The summed E-state index contributed by atoms with van der Waals surface area (Å²) in [5, 5.41) is 6.79. The van der Waals surface area contributed by atoms with E-state index in [9.17, 15) is 0 Å². The predicted octanol–water partition coefficient (Wildman–Crippen LogP) is 6.86. The molecule has 0 saturated carbocycles. The molecule has 1 aliphatic rings. The van der Waals surface area contributed by atoms with E-state index in [0.717, 1.165) is 9.94 Å². The molecule has 1 fully saturated rings. The molecule has 0 unspecified atom stereocenters. The van der Waals surface area contributed by atoms with Crippen LogP contribution in [0, 0.1) is 0 Å². The Morgan fingerprint density at radius 2 is 1.29 bits per heavy atom. The molecule has 1 aliphatic heterocycles. The Kier molecular flexibility index (Phi) is 5.44. The van der Waals surface area contributed by atoms with Gasteiger partial charge in [0, 0.05) is 13.9 Å². The van der Waals surface area contributed by atoms with Gasteiger partial charge in [-0.15, -0.1) is 22.7 Å². The Morgan fingerprint density at radius 3 is 1.89 bits per heavy atom. The molecule has 3 heterocycles. The molecule has 1 saturated heterocycles. The van der Waals surface area contributed by atoms with Crippen molar-refractivity contribution in [3.8, 4) is 0 Å². The maximum Gasteiger partial charge on any atom is 0.494 e. The highest BCUT2D eigenvalue weighted by Crippen LogP contribution is 2.36. The Labute approximate surface area is 182 Å². The van der Waals surface area contributed by atoms with Crippen LogP contribution in [-0.2, 0) is 9.31 Å². The van der Waals surface area contributed by atoms with Crippen LogP contribution in [0.15, 0.2) is 63.8 Å². The minimum absolute atomic E-state index is 0.265. The summed E-state index contributed by atoms with van der Waals surface area (Å²) in [6.45, 7) is 8.32. The van der Waals surface area contributed by atoms with Gasteiger partial charge >= 0.3 is 7.12 Å². The molecule has 0 spiro atoms. The third-order valence-corrected chi connectivity index (χ3v) is 7.71. The van der Waals surface area contributed by atoms with Crippen LogP contribution in [-0.4, -0.2) is 18.3 Å². The third kappa shape index (κ3) is 3.94. The zero-order valence-corrected chi connectivity index (χ0v) is 19.6. The van der Waals surface area contributed by atoms with Gasteiger partial charge in [0.25, 0.3) is 0 Å². The molecular weight excluding hydrogens is 451 g/mol. The Bertz CT molecular complexity index is 1100. The molecule has 0 N–H and O–H groups in total. The van der Waals surface area contributed by atoms with Crippen molar-refractivity contribution < 1.29 is 9.31 Å². The molecule has 0 bridgehead atoms. The summed E-state index contributed by atoms with van der Waals surface area (Å²) in [7, 11) is -0.265. The van der Waals surface area contributed by atoms with Gasteiger partial charge in [0.2, 0.25) is 0 Å². The van der Waals surface area contributed by atoms with Crippen molar-refractivity contribution >= 4 is 71.4 Å². The summed E-state index contributed by atoms with van der Waals surface area (Å²) in [6, 6.07) is 17.0.